The highest BCUT2D eigenvalue weighted by Gasteiger charge is 2.33. The lowest BCUT2D eigenvalue weighted by atomic mass is 10.1. The van der Waals surface area contributed by atoms with Crippen molar-refractivity contribution in [2.45, 2.75) is 44.6 Å². The highest BCUT2D eigenvalue weighted by atomic mass is 16.6. The van der Waals surface area contributed by atoms with Gasteiger partial charge in [-0.05, 0) is 20.8 Å². The van der Waals surface area contributed by atoms with Crippen molar-refractivity contribution in [3.63, 3.8) is 0 Å². The zero-order valence-electron chi connectivity index (χ0n) is 9.90. The summed E-state index contributed by atoms with van der Waals surface area (Å²) in [6.07, 6.45) is -1.72. The van der Waals surface area contributed by atoms with Crippen LogP contribution in [0.4, 0.5) is 4.79 Å². The normalized spacial score (nSPS) is 30.2. The Balaban J connectivity index is 2.27. The fourth-order valence-corrected chi connectivity index (χ4v) is 1.39. The first-order valence-corrected chi connectivity index (χ1v) is 5.31. The molecule has 0 aromatic heterocycles. The molecule has 3 atom stereocenters. The Labute approximate surface area is 95.1 Å². The van der Waals surface area contributed by atoms with E-state index in [9.17, 15) is 9.90 Å². The van der Waals surface area contributed by atoms with Crippen molar-refractivity contribution in [3.05, 3.63) is 0 Å². The van der Waals surface area contributed by atoms with Crippen molar-refractivity contribution in [1.82, 2.24) is 5.32 Å². The van der Waals surface area contributed by atoms with Gasteiger partial charge in [-0.3, -0.25) is 0 Å². The van der Waals surface area contributed by atoms with Crippen LogP contribution in [0.3, 0.4) is 0 Å². The third-order valence-electron chi connectivity index (χ3n) is 2.17. The molecule has 1 amide bonds. The molecule has 1 saturated heterocycles. The third-order valence-corrected chi connectivity index (χ3v) is 2.17. The first-order valence-electron chi connectivity index (χ1n) is 5.31. The highest BCUT2D eigenvalue weighted by Crippen LogP contribution is 2.12. The number of nitrogens with two attached hydrogens (primary N) is 1. The van der Waals surface area contributed by atoms with Crippen LogP contribution in [-0.4, -0.2) is 48.2 Å². The standard InChI is InChI=1S/C10H20N2O4/c1-10(2,3)16-9(14)12-4-7-8(13)6(11)5-15-7/h6-8,13H,4-5,11H2,1-3H3,(H,12,14). The molecule has 1 rings (SSSR count). The minimum Gasteiger partial charge on any atom is -0.444 e. The molecule has 6 nitrogen and oxygen atoms in total. The summed E-state index contributed by atoms with van der Waals surface area (Å²) < 4.78 is 10.3. The van der Waals surface area contributed by atoms with E-state index in [0.29, 0.717) is 6.61 Å². The van der Waals surface area contributed by atoms with Crippen LogP contribution in [-0.2, 0) is 9.47 Å². The van der Waals surface area contributed by atoms with Gasteiger partial charge in [-0.15, -0.1) is 0 Å². The number of aliphatic hydroxyl groups is 1. The quantitative estimate of drug-likeness (QED) is 0.602. The zero-order valence-corrected chi connectivity index (χ0v) is 9.90. The predicted molar refractivity (Wildman–Crippen MR) is 58.0 cm³/mol. The van der Waals surface area contributed by atoms with E-state index in [1.54, 1.807) is 20.8 Å². The molecule has 1 aliphatic rings. The van der Waals surface area contributed by atoms with Crippen molar-refractivity contribution >= 4 is 6.09 Å². The Morgan fingerprint density at radius 2 is 2.25 bits per heavy atom. The molecule has 94 valence electrons. The average molecular weight is 232 g/mol. The Bertz CT molecular complexity index is 252. The van der Waals surface area contributed by atoms with E-state index in [0.717, 1.165) is 0 Å². The lowest BCUT2D eigenvalue weighted by Crippen LogP contribution is -2.43. The summed E-state index contributed by atoms with van der Waals surface area (Å²) in [6.45, 7) is 5.85. The summed E-state index contributed by atoms with van der Waals surface area (Å²) >= 11 is 0. The Kier molecular flexibility index (Phi) is 4.12. The molecule has 0 spiro atoms. The number of hydrogen-bond acceptors (Lipinski definition) is 5. The van der Waals surface area contributed by atoms with Crippen molar-refractivity contribution in [3.8, 4) is 0 Å². The molecule has 16 heavy (non-hydrogen) atoms. The smallest absolute Gasteiger partial charge is 0.407 e. The van der Waals surface area contributed by atoms with E-state index in [1.165, 1.54) is 0 Å². The monoisotopic (exact) mass is 232 g/mol. The first-order chi connectivity index (χ1) is 7.29. The summed E-state index contributed by atoms with van der Waals surface area (Å²) in [4.78, 5) is 11.3. The predicted octanol–water partition coefficient (Wildman–Crippen LogP) is -0.402. The second-order valence-electron chi connectivity index (χ2n) is 4.91. The van der Waals surface area contributed by atoms with Crippen LogP contribution in [0, 0.1) is 0 Å². The van der Waals surface area contributed by atoms with Gasteiger partial charge < -0.3 is 25.6 Å². The average Bonchev–Trinajstić information content (AvgIpc) is 2.42. The van der Waals surface area contributed by atoms with Gasteiger partial charge in [-0.25, -0.2) is 4.79 Å². The van der Waals surface area contributed by atoms with Gasteiger partial charge in [0.1, 0.15) is 11.7 Å². The van der Waals surface area contributed by atoms with Crippen molar-refractivity contribution in [2.24, 2.45) is 5.73 Å². The lowest BCUT2D eigenvalue weighted by molar-refractivity contribution is 0.0290. The minimum absolute atomic E-state index is 0.198. The SMILES string of the molecule is CC(C)(C)OC(=O)NCC1OCC(N)C1O. The molecule has 3 unspecified atom stereocenters. The number of alkyl carbamates (subject to hydrolysis) is 1. The number of ether oxygens (including phenoxy) is 2. The lowest BCUT2D eigenvalue weighted by Gasteiger charge is -2.21. The van der Waals surface area contributed by atoms with Crippen LogP contribution < -0.4 is 11.1 Å². The van der Waals surface area contributed by atoms with E-state index in [1.807, 2.05) is 0 Å². The summed E-state index contributed by atoms with van der Waals surface area (Å²) in [5.74, 6) is 0. The Morgan fingerprint density at radius 3 is 2.69 bits per heavy atom. The Morgan fingerprint density at radius 1 is 1.62 bits per heavy atom. The number of hydrogen-bond donors (Lipinski definition) is 3. The fraction of sp³-hybridized carbons (Fsp3) is 0.900. The topological polar surface area (TPSA) is 93.8 Å². The van der Waals surface area contributed by atoms with Crippen LogP contribution in [0.2, 0.25) is 0 Å². The van der Waals surface area contributed by atoms with Crippen LogP contribution in [0.5, 0.6) is 0 Å². The van der Waals surface area contributed by atoms with Crippen molar-refractivity contribution in [2.75, 3.05) is 13.2 Å². The van der Waals surface area contributed by atoms with Crippen molar-refractivity contribution in [1.29, 1.82) is 0 Å². The van der Waals surface area contributed by atoms with Gasteiger partial charge in [-0.1, -0.05) is 0 Å². The van der Waals surface area contributed by atoms with Crippen LogP contribution in [0.15, 0.2) is 0 Å². The first kappa shape index (κ1) is 13.2. The molecule has 0 aromatic rings. The molecule has 1 heterocycles. The van der Waals surface area contributed by atoms with E-state index in [-0.39, 0.29) is 12.6 Å². The summed E-state index contributed by atoms with van der Waals surface area (Å²) in [5, 5.41) is 12.1. The molecular weight excluding hydrogens is 212 g/mol. The van der Waals surface area contributed by atoms with E-state index in [4.69, 9.17) is 15.2 Å². The van der Waals surface area contributed by atoms with Gasteiger partial charge in [-0.2, -0.15) is 0 Å². The molecule has 0 saturated carbocycles. The van der Waals surface area contributed by atoms with Crippen LogP contribution in [0.1, 0.15) is 20.8 Å². The molecule has 0 bridgehead atoms. The number of amides is 1. The van der Waals surface area contributed by atoms with Gasteiger partial charge in [0, 0.05) is 6.54 Å². The van der Waals surface area contributed by atoms with E-state index in [2.05, 4.69) is 5.32 Å². The van der Waals surface area contributed by atoms with E-state index >= 15 is 0 Å². The maximum Gasteiger partial charge on any atom is 0.407 e. The largest absolute Gasteiger partial charge is 0.444 e. The van der Waals surface area contributed by atoms with Gasteiger partial charge >= 0.3 is 6.09 Å². The number of aliphatic hydroxyl groups excluding tert-OH is 1. The molecule has 0 aromatic carbocycles. The zero-order chi connectivity index (χ0) is 12.3. The minimum atomic E-state index is -0.741. The molecule has 0 radical (unpaired) electrons. The third kappa shape index (κ3) is 3.96. The Hall–Kier alpha value is -0.850. The second kappa shape index (κ2) is 4.99. The van der Waals surface area contributed by atoms with Gasteiger partial charge in [0.05, 0.1) is 18.8 Å². The molecule has 6 heteroatoms. The van der Waals surface area contributed by atoms with Gasteiger partial charge in [0.2, 0.25) is 0 Å². The molecular formula is C10H20N2O4. The summed E-state index contributed by atoms with van der Waals surface area (Å²) in [6, 6.07) is -0.384. The number of rotatable bonds is 2. The number of carbonyl (C=O) groups is 1. The van der Waals surface area contributed by atoms with Crippen LogP contribution in [0.25, 0.3) is 0 Å². The van der Waals surface area contributed by atoms with Gasteiger partial charge in [0.25, 0.3) is 0 Å². The molecule has 0 aliphatic carbocycles. The fourth-order valence-electron chi connectivity index (χ4n) is 1.39. The molecule has 1 fully saturated rings. The molecule has 1 aliphatic heterocycles. The molecule has 4 N–H and O–H groups in total. The number of carbonyl (C=O) groups excluding carboxylic acids is 1. The highest BCUT2D eigenvalue weighted by molar-refractivity contribution is 5.67. The van der Waals surface area contributed by atoms with Gasteiger partial charge in [0.15, 0.2) is 0 Å². The summed E-state index contributed by atoms with van der Waals surface area (Å²) in [7, 11) is 0. The maximum absolute atomic E-state index is 11.3. The van der Waals surface area contributed by atoms with E-state index < -0.39 is 23.9 Å². The second-order valence-corrected chi connectivity index (χ2v) is 4.91. The summed E-state index contributed by atoms with van der Waals surface area (Å²) in [5.41, 5.74) is 5.03. The van der Waals surface area contributed by atoms with Crippen molar-refractivity contribution < 1.29 is 19.4 Å². The van der Waals surface area contributed by atoms with Crippen LogP contribution >= 0.6 is 0 Å². The number of nitrogens with one attached hydrogen (secondary N) is 1. The maximum atomic E-state index is 11.3.